The number of aromatic carboxylic acids is 1. The van der Waals surface area contributed by atoms with Crippen LogP contribution in [0, 0.1) is 0 Å². The molecule has 0 saturated carbocycles. The van der Waals surface area contributed by atoms with E-state index in [-0.39, 0.29) is 17.2 Å². The molecule has 2 fully saturated rings. The van der Waals surface area contributed by atoms with Crippen LogP contribution in [0.3, 0.4) is 0 Å². The SMILES string of the molecule is O=C(O)c1cnn(C2CCOC3(CCSCC3)C2)c1. The first-order chi connectivity index (χ1) is 9.19. The summed E-state index contributed by atoms with van der Waals surface area (Å²) in [4.78, 5) is 10.9. The first-order valence-corrected chi connectivity index (χ1v) is 7.83. The number of carboxylic acids is 1. The second-order valence-corrected chi connectivity index (χ2v) is 6.53. The molecular weight excluding hydrogens is 264 g/mol. The fourth-order valence-corrected chi connectivity index (χ4v) is 4.20. The van der Waals surface area contributed by atoms with Gasteiger partial charge in [-0.2, -0.15) is 16.9 Å². The minimum atomic E-state index is -0.915. The van der Waals surface area contributed by atoms with Crippen LogP contribution in [0.4, 0.5) is 0 Å². The molecule has 0 aliphatic carbocycles. The lowest BCUT2D eigenvalue weighted by Crippen LogP contribution is -2.43. The summed E-state index contributed by atoms with van der Waals surface area (Å²) in [5, 5.41) is 13.2. The van der Waals surface area contributed by atoms with E-state index in [1.54, 1.807) is 6.20 Å². The number of hydrogen-bond donors (Lipinski definition) is 1. The van der Waals surface area contributed by atoms with Crippen molar-refractivity contribution < 1.29 is 14.6 Å². The Morgan fingerprint density at radius 3 is 3.00 bits per heavy atom. The van der Waals surface area contributed by atoms with Crippen LogP contribution in [-0.2, 0) is 4.74 Å². The van der Waals surface area contributed by atoms with Gasteiger partial charge in [-0.1, -0.05) is 0 Å². The van der Waals surface area contributed by atoms with Crippen LogP contribution in [0.5, 0.6) is 0 Å². The molecule has 0 amide bonds. The van der Waals surface area contributed by atoms with Gasteiger partial charge in [0.1, 0.15) is 0 Å². The molecule has 104 valence electrons. The number of aromatic nitrogens is 2. The first-order valence-electron chi connectivity index (χ1n) is 6.68. The number of nitrogens with zero attached hydrogens (tertiary/aromatic N) is 2. The molecule has 1 unspecified atom stereocenters. The number of rotatable bonds is 2. The summed E-state index contributed by atoms with van der Waals surface area (Å²) < 4.78 is 7.86. The first kappa shape index (κ1) is 13.0. The zero-order valence-electron chi connectivity index (χ0n) is 10.7. The highest BCUT2D eigenvalue weighted by molar-refractivity contribution is 7.99. The van der Waals surface area contributed by atoms with Crippen molar-refractivity contribution in [3.63, 3.8) is 0 Å². The third-order valence-electron chi connectivity index (χ3n) is 4.09. The number of ether oxygens (including phenoxy) is 1. The van der Waals surface area contributed by atoms with E-state index in [1.807, 2.05) is 16.4 Å². The molecule has 3 heterocycles. The van der Waals surface area contributed by atoms with Crippen LogP contribution in [0.1, 0.15) is 42.1 Å². The van der Waals surface area contributed by atoms with E-state index in [1.165, 1.54) is 6.20 Å². The van der Waals surface area contributed by atoms with Crippen LogP contribution < -0.4 is 0 Å². The van der Waals surface area contributed by atoms with Gasteiger partial charge in [0.2, 0.25) is 0 Å². The third kappa shape index (κ3) is 2.65. The van der Waals surface area contributed by atoms with Crippen molar-refractivity contribution in [3.8, 4) is 0 Å². The summed E-state index contributed by atoms with van der Waals surface area (Å²) >= 11 is 1.99. The largest absolute Gasteiger partial charge is 0.478 e. The quantitative estimate of drug-likeness (QED) is 0.901. The normalized spacial score (nSPS) is 26.4. The van der Waals surface area contributed by atoms with Crippen molar-refractivity contribution in [2.75, 3.05) is 18.1 Å². The molecule has 1 aromatic heterocycles. The van der Waals surface area contributed by atoms with Crippen molar-refractivity contribution in [2.24, 2.45) is 0 Å². The van der Waals surface area contributed by atoms with Crippen LogP contribution in [-0.4, -0.2) is 44.6 Å². The minimum absolute atomic E-state index is 0.00348. The molecule has 3 rings (SSSR count). The lowest BCUT2D eigenvalue weighted by atomic mass is 9.85. The van der Waals surface area contributed by atoms with Crippen molar-refractivity contribution in [3.05, 3.63) is 18.0 Å². The zero-order valence-corrected chi connectivity index (χ0v) is 11.6. The maximum Gasteiger partial charge on any atom is 0.338 e. The van der Waals surface area contributed by atoms with Gasteiger partial charge >= 0.3 is 5.97 Å². The average molecular weight is 282 g/mol. The molecule has 0 bridgehead atoms. The second-order valence-electron chi connectivity index (χ2n) is 5.30. The van der Waals surface area contributed by atoms with Crippen LogP contribution >= 0.6 is 11.8 Å². The molecule has 5 nitrogen and oxygen atoms in total. The molecule has 6 heteroatoms. The Labute approximate surface area is 116 Å². The fourth-order valence-electron chi connectivity index (χ4n) is 2.97. The maximum absolute atomic E-state index is 10.9. The highest BCUT2D eigenvalue weighted by atomic mass is 32.2. The van der Waals surface area contributed by atoms with Gasteiger partial charge in [0, 0.05) is 12.8 Å². The minimum Gasteiger partial charge on any atom is -0.478 e. The van der Waals surface area contributed by atoms with E-state index in [0.717, 1.165) is 43.8 Å². The van der Waals surface area contributed by atoms with Crippen molar-refractivity contribution in [1.29, 1.82) is 0 Å². The summed E-state index contributed by atoms with van der Waals surface area (Å²) in [5.41, 5.74) is 0.267. The van der Waals surface area contributed by atoms with Gasteiger partial charge in [-0.25, -0.2) is 4.79 Å². The van der Waals surface area contributed by atoms with Crippen LogP contribution in [0.25, 0.3) is 0 Å². The van der Waals surface area contributed by atoms with Crippen LogP contribution in [0.2, 0.25) is 0 Å². The van der Waals surface area contributed by atoms with E-state index < -0.39 is 5.97 Å². The van der Waals surface area contributed by atoms with Gasteiger partial charge in [-0.3, -0.25) is 4.68 Å². The predicted octanol–water partition coefficient (Wildman–Crippen LogP) is 2.20. The summed E-state index contributed by atoms with van der Waals surface area (Å²) in [6.45, 7) is 0.748. The number of carboxylic acid groups (broad SMARTS) is 1. The molecule has 1 aromatic rings. The third-order valence-corrected chi connectivity index (χ3v) is 5.08. The monoisotopic (exact) mass is 282 g/mol. The Hall–Kier alpha value is -1.01. The Morgan fingerprint density at radius 2 is 2.32 bits per heavy atom. The highest BCUT2D eigenvalue weighted by Gasteiger charge is 2.39. The topological polar surface area (TPSA) is 64.3 Å². The molecule has 1 spiro atoms. The molecule has 2 aliphatic rings. The molecular formula is C13H18N2O3S. The number of hydrogen-bond acceptors (Lipinski definition) is 4. The van der Waals surface area contributed by atoms with Gasteiger partial charge in [0.25, 0.3) is 0 Å². The smallest absolute Gasteiger partial charge is 0.338 e. The van der Waals surface area contributed by atoms with Gasteiger partial charge in [0.15, 0.2) is 0 Å². The Morgan fingerprint density at radius 1 is 1.53 bits per heavy atom. The summed E-state index contributed by atoms with van der Waals surface area (Å²) in [7, 11) is 0. The van der Waals surface area contributed by atoms with E-state index >= 15 is 0 Å². The van der Waals surface area contributed by atoms with Crippen molar-refractivity contribution >= 4 is 17.7 Å². The maximum atomic E-state index is 10.9. The molecule has 19 heavy (non-hydrogen) atoms. The number of carbonyl (C=O) groups is 1. The lowest BCUT2D eigenvalue weighted by Gasteiger charge is -2.43. The highest BCUT2D eigenvalue weighted by Crippen LogP contribution is 2.41. The standard InChI is InChI=1S/C13H18N2O3S/c16-12(17)10-8-14-15(9-10)11-1-4-18-13(7-11)2-5-19-6-3-13/h8-9,11H,1-7H2,(H,16,17). The van der Waals surface area contributed by atoms with Crippen LogP contribution in [0.15, 0.2) is 12.4 Å². The summed E-state index contributed by atoms with van der Waals surface area (Å²) in [5.74, 6) is 1.40. The predicted molar refractivity (Wildman–Crippen MR) is 72.7 cm³/mol. The Bertz CT molecular complexity index is 463. The van der Waals surface area contributed by atoms with Gasteiger partial charge in [0.05, 0.1) is 23.4 Å². The Kier molecular flexibility index (Phi) is 3.54. The lowest BCUT2D eigenvalue weighted by molar-refractivity contribution is -0.100. The van der Waals surface area contributed by atoms with Gasteiger partial charge < -0.3 is 9.84 Å². The second kappa shape index (κ2) is 5.17. The van der Waals surface area contributed by atoms with E-state index in [9.17, 15) is 4.79 Å². The fraction of sp³-hybridized carbons (Fsp3) is 0.692. The molecule has 1 N–H and O–H groups in total. The van der Waals surface area contributed by atoms with Crippen molar-refractivity contribution in [1.82, 2.24) is 9.78 Å². The van der Waals surface area contributed by atoms with Gasteiger partial charge in [-0.15, -0.1) is 0 Å². The molecule has 1 atom stereocenters. The summed E-state index contributed by atoms with van der Waals surface area (Å²) in [6, 6.07) is 0.268. The van der Waals surface area contributed by atoms with Crippen molar-refractivity contribution in [2.45, 2.75) is 37.3 Å². The van der Waals surface area contributed by atoms with E-state index in [0.29, 0.717) is 0 Å². The number of thioether (sulfide) groups is 1. The molecule has 0 radical (unpaired) electrons. The van der Waals surface area contributed by atoms with Gasteiger partial charge in [-0.05, 0) is 37.2 Å². The molecule has 2 aliphatic heterocycles. The molecule has 0 aromatic carbocycles. The summed E-state index contributed by atoms with van der Waals surface area (Å²) in [6.07, 6.45) is 7.14. The Balaban J connectivity index is 1.75. The average Bonchev–Trinajstić information content (AvgIpc) is 2.89. The molecule has 2 saturated heterocycles. The van der Waals surface area contributed by atoms with E-state index in [4.69, 9.17) is 9.84 Å². The van der Waals surface area contributed by atoms with E-state index in [2.05, 4.69) is 5.10 Å². The zero-order chi connectivity index (χ0) is 13.3.